The van der Waals surface area contributed by atoms with Crippen molar-refractivity contribution in [3.8, 4) is 0 Å². The van der Waals surface area contributed by atoms with Gasteiger partial charge in [-0.3, -0.25) is 9.35 Å². The van der Waals surface area contributed by atoms with E-state index < -0.39 is 28.2 Å². The number of hydrogen-bond acceptors (Lipinski definition) is 6. The van der Waals surface area contributed by atoms with Gasteiger partial charge < -0.3 is 21.3 Å². The van der Waals surface area contributed by atoms with Gasteiger partial charge in [0.05, 0.1) is 11.9 Å². The largest absolute Gasteiger partial charge is 0.480 e. The van der Waals surface area contributed by atoms with Crippen molar-refractivity contribution < 1.29 is 28.0 Å². The number of hydrogen-bond donors (Lipinski definition) is 5. The number of aliphatic hydroxyl groups is 1. The van der Waals surface area contributed by atoms with E-state index in [1.165, 1.54) is 0 Å². The van der Waals surface area contributed by atoms with Crippen LogP contribution in [-0.4, -0.2) is 60.1 Å². The molecule has 9 heteroatoms. The first kappa shape index (κ1) is 15.3. The Balaban J connectivity index is 0.000000293. The Hall–Kier alpha value is -0.740. The van der Waals surface area contributed by atoms with Crippen molar-refractivity contribution in [3.63, 3.8) is 0 Å². The van der Waals surface area contributed by atoms with Crippen LogP contribution < -0.4 is 11.1 Å². The maximum absolute atomic E-state index is 10.2. The number of nitrogens with two attached hydrogens (primary N) is 1. The molecule has 2 atom stereocenters. The number of aliphatic hydroxyl groups excluding tert-OH is 1. The molecule has 1 rings (SSSR count). The summed E-state index contributed by atoms with van der Waals surface area (Å²) in [6.07, 6.45) is -0.152. The molecule has 0 spiro atoms. The fourth-order valence-corrected chi connectivity index (χ4v) is 1.35. The molecule has 0 amide bonds. The molecule has 1 saturated heterocycles. The summed E-state index contributed by atoms with van der Waals surface area (Å²) in [5, 5.41) is 19.8. The maximum Gasteiger partial charge on any atom is 0.320 e. The summed E-state index contributed by atoms with van der Waals surface area (Å²) in [6, 6.07) is -0.542. The summed E-state index contributed by atoms with van der Waals surface area (Å²) in [7, 11) is -3.80. The van der Waals surface area contributed by atoms with E-state index in [9.17, 15) is 13.2 Å². The third-order valence-corrected chi connectivity index (χ3v) is 2.53. The van der Waals surface area contributed by atoms with Crippen LogP contribution in [0.4, 0.5) is 0 Å². The average Bonchev–Trinajstić information content (AvgIpc) is 2.50. The molecule has 0 radical (unpaired) electrons. The van der Waals surface area contributed by atoms with Crippen LogP contribution in [0, 0.1) is 0 Å². The lowest BCUT2D eigenvalue weighted by Crippen LogP contribution is -2.29. The average molecular weight is 256 g/mol. The van der Waals surface area contributed by atoms with E-state index >= 15 is 0 Å². The summed E-state index contributed by atoms with van der Waals surface area (Å²) in [5.41, 5.74) is 4.78. The summed E-state index contributed by atoms with van der Waals surface area (Å²) in [6.45, 7) is 0.371. The van der Waals surface area contributed by atoms with Crippen molar-refractivity contribution in [2.45, 2.75) is 18.6 Å². The van der Waals surface area contributed by atoms with E-state index in [1.807, 2.05) is 0 Å². The summed E-state index contributed by atoms with van der Waals surface area (Å²) < 4.78 is 27.3. The Labute approximate surface area is 93.2 Å². The van der Waals surface area contributed by atoms with Crippen LogP contribution in [0.15, 0.2) is 0 Å². The second kappa shape index (κ2) is 6.76. The van der Waals surface area contributed by atoms with E-state index in [-0.39, 0.29) is 12.3 Å². The molecule has 96 valence electrons. The van der Waals surface area contributed by atoms with E-state index in [2.05, 4.69) is 5.32 Å². The van der Waals surface area contributed by atoms with Crippen LogP contribution in [0.5, 0.6) is 0 Å². The molecule has 0 aromatic heterocycles. The van der Waals surface area contributed by atoms with Crippen molar-refractivity contribution in [1.82, 2.24) is 5.32 Å². The molecule has 8 nitrogen and oxygen atoms in total. The molecule has 1 aliphatic rings. The molecule has 0 aromatic rings. The molecule has 6 N–H and O–H groups in total. The predicted molar refractivity (Wildman–Crippen MR) is 55.5 cm³/mol. The molecule has 0 aromatic carbocycles. The highest BCUT2D eigenvalue weighted by molar-refractivity contribution is 7.85. The molecule has 0 bridgehead atoms. The fourth-order valence-electron chi connectivity index (χ4n) is 1.05. The van der Waals surface area contributed by atoms with E-state index in [1.54, 1.807) is 0 Å². The standard InChI is InChI=1S/C5H9NO3.C2H7NO3S/c7-3-1-4(5(8)9)6-2-3;3-1-2-7(4,5)6/h3-4,6-7H,1-2H2,(H,8,9);1-3H2,(H,4,5,6)/t3-,4+;/m1./s1. The Morgan fingerprint density at radius 3 is 2.19 bits per heavy atom. The first-order chi connectivity index (χ1) is 7.26. The van der Waals surface area contributed by atoms with Gasteiger partial charge in [0.1, 0.15) is 6.04 Å². The van der Waals surface area contributed by atoms with Crippen molar-refractivity contribution in [2.24, 2.45) is 5.73 Å². The van der Waals surface area contributed by atoms with Gasteiger partial charge >= 0.3 is 5.97 Å². The van der Waals surface area contributed by atoms with Crippen molar-refractivity contribution in [1.29, 1.82) is 0 Å². The van der Waals surface area contributed by atoms with E-state index in [0.717, 1.165) is 0 Å². The van der Waals surface area contributed by atoms with Gasteiger partial charge in [-0.25, -0.2) is 0 Å². The Kier molecular flexibility index (Phi) is 6.45. The van der Waals surface area contributed by atoms with Crippen LogP contribution in [-0.2, 0) is 14.9 Å². The molecule has 0 saturated carbocycles. The minimum absolute atomic E-state index is 0.0289. The molecule has 1 aliphatic heterocycles. The number of nitrogens with one attached hydrogen (secondary N) is 1. The third kappa shape index (κ3) is 7.54. The first-order valence-corrected chi connectivity index (χ1v) is 6.16. The molecule has 1 fully saturated rings. The Morgan fingerprint density at radius 1 is 1.50 bits per heavy atom. The first-order valence-electron chi connectivity index (χ1n) is 4.55. The van der Waals surface area contributed by atoms with Crippen LogP contribution in [0.1, 0.15) is 6.42 Å². The quantitative estimate of drug-likeness (QED) is 0.351. The molecule has 16 heavy (non-hydrogen) atoms. The highest BCUT2D eigenvalue weighted by Crippen LogP contribution is 2.05. The van der Waals surface area contributed by atoms with Crippen molar-refractivity contribution >= 4 is 16.1 Å². The second-order valence-corrected chi connectivity index (χ2v) is 4.84. The zero-order valence-corrected chi connectivity index (χ0v) is 9.35. The molecule has 0 unspecified atom stereocenters. The Morgan fingerprint density at radius 2 is 2.06 bits per heavy atom. The van der Waals surface area contributed by atoms with Gasteiger partial charge in [-0.05, 0) is 0 Å². The van der Waals surface area contributed by atoms with Crippen LogP contribution in [0.2, 0.25) is 0 Å². The Bertz CT molecular complexity index is 317. The summed E-state index contributed by atoms with van der Waals surface area (Å²) >= 11 is 0. The maximum atomic E-state index is 10.2. The zero-order chi connectivity index (χ0) is 12.8. The lowest BCUT2D eigenvalue weighted by atomic mass is 10.2. The normalized spacial score (nSPS) is 24.7. The number of carbonyl (C=O) groups is 1. The van der Waals surface area contributed by atoms with Gasteiger partial charge in [-0.2, -0.15) is 8.42 Å². The highest BCUT2D eigenvalue weighted by Gasteiger charge is 2.27. The molecule has 0 aliphatic carbocycles. The van der Waals surface area contributed by atoms with Gasteiger partial charge in [-0.1, -0.05) is 0 Å². The third-order valence-electron chi connectivity index (χ3n) is 1.78. The van der Waals surface area contributed by atoms with Crippen LogP contribution in [0.25, 0.3) is 0 Å². The number of carboxylic acids is 1. The van der Waals surface area contributed by atoms with Crippen molar-refractivity contribution in [2.75, 3.05) is 18.8 Å². The smallest absolute Gasteiger partial charge is 0.320 e. The van der Waals surface area contributed by atoms with Crippen LogP contribution >= 0.6 is 0 Å². The summed E-state index contributed by atoms with van der Waals surface area (Å²) in [4.78, 5) is 10.2. The number of carboxylic acid groups (broad SMARTS) is 1. The molecule has 1 heterocycles. The van der Waals surface area contributed by atoms with E-state index in [0.29, 0.717) is 13.0 Å². The molecular formula is C7H16N2O6S. The van der Waals surface area contributed by atoms with Gasteiger partial charge in [0.25, 0.3) is 10.1 Å². The predicted octanol–water partition coefficient (Wildman–Crippen LogP) is -2.37. The van der Waals surface area contributed by atoms with Gasteiger partial charge in [-0.15, -0.1) is 0 Å². The number of rotatable bonds is 3. The SMILES string of the molecule is NCCS(=O)(=O)O.O=C(O)[C@@H]1C[C@@H](O)CN1. The molecular weight excluding hydrogens is 240 g/mol. The van der Waals surface area contributed by atoms with Gasteiger partial charge in [0.2, 0.25) is 0 Å². The van der Waals surface area contributed by atoms with E-state index in [4.69, 9.17) is 20.5 Å². The zero-order valence-electron chi connectivity index (χ0n) is 8.54. The topological polar surface area (TPSA) is 150 Å². The minimum Gasteiger partial charge on any atom is -0.480 e. The minimum atomic E-state index is -3.80. The lowest BCUT2D eigenvalue weighted by Gasteiger charge is -1.99. The highest BCUT2D eigenvalue weighted by atomic mass is 32.2. The van der Waals surface area contributed by atoms with Gasteiger partial charge in [0.15, 0.2) is 0 Å². The summed E-state index contributed by atoms with van der Waals surface area (Å²) in [5.74, 6) is -1.24. The monoisotopic (exact) mass is 256 g/mol. The fraction of sp³-hybridized carbons (Fsp3) is 0.857. The second-order valence-electron chi connectivity index (χ2n) is 3.26. The lowest BCUT2D eigenvalue weighted by molar-refractivity contribution is -0.139. The number of β-amino-alcohol motifs (C(OH)–C–C–N with tert-alkyl or cyclic N) is 1. The van der Waals surface area contributed by atoms with Gasteiger partial charge in [0, 0.05) is 19.5 Å². The van der Waals surface area contributed by atoms with Crippen LogP contribution in [0.3, 0.4) is 0 Å². The number of aliphatic carboxylic acids is 1. The van der Waals surface area contributed by atoms with Crippen molar-refractivity contribution in [3.05, 3.63) is 0 Å².